The number of nitrogens with zero attached hydrogens (tertiary/aromatic N) is 7. The van der Waals surface area contributed by atoms with Crippen LogP contribution in [0.5, 0.6) is 0 Å². The maximum Gasteiger partial charge on any atom is 0.293 e. The van der Waals surface area contributed by atoms with E-state index in [1.807, 2.05) is 48.5 Å². The van der Waals surface area contributed by atoms with Gasteiger partial charge in [0.1, 0.15) is 12.0 Å². The van der Waals surface area contributed by atoms with Gasteiger partial charge in [-0.25, -0.2) is 4.98 Å². The minimum Gasteiger partial charge on any atom is -0.347 e. The number of nitrogens with one attached hydrogen (secondary N) is 1. The van der Waals surface area contributed by atoms with Gasteiger partial charge in [0.15, 0.2) is 0 Å². The molecule has 0 saturated heterocycles. The van der Waals surface area contributed by atoms with Gasteiger partial charge in [-0.05, 0) is 30.3 Å². The van der Waals surface area contributed by atoms with Crippen molar-refractivity contribution < 1.29 is 4.92 Å². The lowest BCUT2D eigenvalue weighted by Gasteiger charge is -2.04. The van der Waals surface area contributed by atoms with Crippen LogP contribution < -0.4 is 5.32 Å². The van der Waals surface area contributed by atoms with E-state index in [0.717, 1.165) is 21.2 Å². The van der Waals surface area contributed by atoms with Crippen molar-refractivity contribution in [1.29, 1.82) is 0 Å². The molecule has 0 unspecified atom stereocenters. The van der Waals surface area contributed by atoms with Crippen molar-refractivity contribution in [3.63, 3.8) is 0 Å². The Hall–Kier alpha value is -3.51. The van der Waals surface area contributed by atoms with Gasteiger partial charge in [-0.15, -0.1) is 0 Å². The molecule has 0 radical (unpaired) electrons. The minimum atomic E-state index is -0.427. The first kappa shape index (κ1) is 22.7. The molecular formula is C21H18Br2N8O2. The number of imidazole rings is 1. The highest BCUT2D eigenvalue weighted by Crippen LogP contribution is 2.30. The number of halogens is 2. The monoisotopic (exact) mass is 572 g/mol. The van der Waals surface area contributed by atoms with E-state index in [2.05, 4.69) is 52.4 Å². The van der Waals surface area contributed by atoms with Crippen LogP contribution in [0.1, 0.15) is 0 Å². The standard InChI is InChI=1S/C11H9BrN4.C10H9BrN4O2/c1-15-6-9(5-14-15)16-7-13-10-4-8(12)2-3-11(10)16;1-14-6-8(5-12-14)13-9-3-2-7(11)4-10(9)15(16)17/h2-7H,1H3;2-6,13H,1H3. The third-order valence-corrected chi connectivity index (χ3v) is 5.61. The Morgan fingerprint density at radius 1 is 0.970 bits per heavy atom. The first-order chi connectivity index (χ1) is 15.8. The highest BCUT2D eigenvalue weighted by atomic mass is 79.9. The van der Waals surface area contributed by atoms with Gasteiger partial charge in [0.25, 0.3) is 5.69 Å². The Morgan fingerprint density at radius 2 is 1.67 bits per heavy atom. The molecule has 0 saturated carbocycles. The number of hydrogen-bond donors (Lipinski definition) is 1. The average molecular weight is 574 g/mol. The van der Waals surface area contributed by atoms with Crippen molar-refractivity contribution in [2.75, 3.05) is 5.32 Å². The molecule has 1 N–H and O–H groups in total. The predicted octanol–water partition coefficient (Wildman–Crippen LogP) is 5.36. The highest BCUT2D eigenvalue weighted by molar-refractivity contribution is 9.10. The number of aromatic nitrogens is 6. The second-order valence-electron chi connectivity index (χ2n) is 7.07. The number of fused-ring (bicyclic) bond motifs is 1. The summed E-state index contributed by atoms with van der Waals surface area (Å²) in [6.45, 7) is 0. The lowest BCUT2D eigenvalue weighted by molar-refractivity contribution is -0.384. The predicted molar refractivity (Wildman–Crippen MR) is 133 cm³/mol. The van der Waals surface area contributed by atoms with E-state index >= 15 is 0 Å². The number of nitro groups is 1. The smallest absolute Gasteiger partial charge is 0.293 e. The fraction of sp³-hybridized carbons (Fsp3) is 0.0952. The third-order valence-electron chi connectivity index (χ3n) is 4.62. The molecule has 0 aliphatic carbocycles. The van der Waals surface area contributed by atoms with Crippen LogP contribution in [-0.2, 0) is 14.1 Å². The Bertz CT molecular complexity index is 1440. The van der Waals surface area contributed by atoms with Gasteiger partial charge < -0.3 is 5.32 Å². The summed E-state index contributed by atoms with van der Waals surface area (Å²) >= 11 is 6.64. The summed E-state index contributed by atoms with van der Waals surface area (Å²) in [6, 6.07) is 10.9. The average Bonchev–Trinajstić information content (AvgIpc) is 3.49. The molecule has 5 aromatic rings. The number of rotatable bonds is 4. The summed E-state index contributed by atoms with van der Waals surface area (Å²) in [5, 5.41) is 22.0. The molecule has 0 amide bonds. The summed E-state index contributed by atoms with van der Waals surface area (Å²) in [5.74, 6) is 0. The molecule has 0 atom stereocenters. The van der Waals surface area contributed by atoms with Crippen LogP contribution in [0.3, 0.4) is 0 Å². The molecule has 0 bridgehead atoms. The molecule has 0 aliphatic rings. The van der Waals surface area contributed by atoms with Crippen molar-refractivity contribution in [2.45, 2.75) is 0 Å². The van der Waals surface area contributed by atoms with Gasteiger partial charge in [0.05, 0.1) is 39.7 Å². The van der Waals surface area contributed by atoms with Crippen LogP contribution >= 0.6 is 31.9 Å². The molecule has 0 spiro atoms. The summed E-state index contributed by atoms with van der Waals surface area (Å²) in [4.78, 5) is 14.8. The molecule has 3 heterocycles. The Labute approximate surface area is 205 Å². The zero-order chi connectivity index (χ0) is 23.5. The summed E-state index contributed by atoms with van der Waals surface area (Å²) in [7, 11) is 3.68. The van der Waals surface area contributed by atoms with E-state index < -0.39 is 4.92 Å². The van der Waals surface area contributed by atoms with Crippen LogP contribution in [0.25, 0.3) is 16.7 Å². The molecule has 0 fully saturated rings. The third kappa shape index (κ3) is 5.29. The SMILES string of the molecule is Cn1cc(-n2cnc3cc(Br)ccc32)cn1.Cn1cc(Nc2ccc(Br)cc2[N+](=O)[O-])cn1. The fourth-order valence-electron chi connectivity index (χ4n) is 3.13. The van der Waals surface area contributed by atoms with Gasteiger partial charge in [-0.1, -0.05) is 31.9 Å². The van der Waals surface area contributed by atoms with Crippen molar-refractivity contribution in [1.82, 2.24) is 29.1 Å². The van der Waals surface area contributed by atoms with Crippen molar-refractivity contribution in [2.24, 2.45) is 14.1 Å². The first-order valence-corrected chi connectivity index (χ1v) is 11.2. The number of nitro benzene ring substituents is 1. The van der Waals surface area contributed by atoms with E-state index in [0.29, 0.717) is 15.8 Å². The quantitative estimate of drug-likeness (QED) is 0.229. The Kier molecular flexibility index (Phi) is 6.56. The molecule has 0 aliphatic heterocycles. The van der Waals surface area contributed by atoms with Gasteiger partial charge >= 0.3 is 0 Å². The second-order valence-corrected chi connectivity index (χ2v) is 8.90. The summed E-state index contributed by atoms with van der Waals surface area (Å²) in [6.07, 6.45) is 8.94. The molecule has 2 aromatic carbocycles. The maximum atomic E-state index is 10.9. The molecule has 5 rings (SSSR count). The molecule has 168 valence electrons. The number of benzene rings is 2. The fourth-order valence-corrected chi connectivity index (χ4v) is 3.83. The Morgan fingerprint density at radius 3 is 2.33 bits per heavy atom. The van der Waals surface area contributed by atoms with E-state index in [4.69, 9.17) is 0 Å². The minimum absolute atomic E-state index is 0.0169. The van der Waals surface area contributed by atoms with Gasteiger partial charge in [-0.2, -0.15) is 10.2 Å². The van der Waals surface area contributed by atoms with E-state index in [9.17, 15) is 10.1 Å². The second kappa shape index (κ2) is 9.55. The molecular weight excluding hydrogens is 556 g/mol. The van der Waals surface area contributed by atoms with Gasteiger partial charge in [0.2, 0.25) is 0 Å². The van der Waals surface area contributed by atoms with Crippen molar-refractivity contribution in [3.05, 3.63) is 86.6 Å². The van der Waals surface area contributed by atoms with Crippen LogP contribution in [0.15, 0.2) is 76.5 Å². The number of aryl methyl sites for hydroxylation is 2. The highest BCUT2D eigenvalue weighted by Gasteiger charge is 2.14. The zero-order valence-electron chi connectivity index (χ0n) is 17.6. The first-order valence-electron chi connectivity index (χ1n) is 9.61. The van der Waals surface area contributed by atoms with Gasteiger partial charge in [-0.3, -0.25) is 24.0 Å². The maximum absolute atomic E-state index is 10.9. The largest absolute Gasteiger partial charge is 0.347 e. The van der Waals surface area contributed by atoms with Gasteiger partial charge in [0, 0.05) is 41.5 Å². The van der Waals surface area contributed by atoms with E-state index in [-0.39, 0.29) is 5.69 Å². The topological polar surface area (TPSA) is 109 Å². The van der Waals surface area contributed by atoms with Crippen molar-refractivity contribution >= 4 is 60.0 Å². The Balaban J connectivity index is 0.000000157. The molecule has 33 heavy (non-hydrogen) atoms. The normalized spacial score (nSPS) is 10.7. The lowest BCUT2D eigenvalue weighted by atomic mass is 10.2. The number of hydrogen-bond acceptors (Lipinski definition) is 6. The van der Waals surface area contributed by atoms with Crippen LogP contribution in [0.2, 0.25) is 0 Å². The number of anilines is 2. The van der Waals surface area contributed by atoms with Crippen LogP contribution in [-0.4, -0.2) is 34.0 Å². The molecule has 10 nitrogen and oxygen atoms in total. The van der Waals surface area contributed by atoms with E-state index in [1.165, 1.54) is 6.07 Å². The van der Waals surface area contributed by atoms with Crippen molar-refractivity contribution in [3.8, 4) is 5.69 Å². The van der Waals surface area contributed by atoms with Crippen LogP contribution in [0.4, 0.5) is 17.1 Å². The van der Waals surface area contributed by atoms with E-state index in [1.54, 1.807) is 40.9 Å². The lowest BCUT2D eigenvalue weighted by Crippen LogP contribution is -1.96. The summed E-state index contributed by atoms with van der Waals surface area (Å²) in [5.41, 5.74) is 4.23. The molecule has 12 heteroatoms. The van der Waals surface area contributed by atoms with Crippen LogP contribution in [0, 0.1) is 10.1 Å². The molecule has 3 aromatic heterocycles. The zero-order valence-corrected chi connectivity index (χ0v) is 20.7. The summed E-state index contributed by atoms with van der Waals surface area (Å²) < 4.78 is 7.12.